The quantitative estimate of drug-likeness (QED) is 0.862. The molecule has 86 valence electrons. The smallest absolute Gasteiger partial charge is 0.383 e. The maximum Gasteiger partial charge on any atom is 0.432 e. The van der Waals surface area contributed by atoms with Gasteiger partial charge in [-0.25, -0.2) is 0 Å². The van der Waals surface area contributed by atoms with Crippen LogP contribution in [0.5, 0.6) is 0 Å². The Bertz CT molecular complexity index is 394. The Labute approximate surface area is 88.6 Å². The largest absolute Gasteiger partial charge is 0.432 e. The van der Waals surface area contributed by atoms with Gasteiger partial charge in [-0.3, -0.25) is 5.41 Å². The molecule has 0 bridgehead atoms. The average Bonchev–Trinajstić information content (AvgIpc) is 2.36. The van der Waals surface area contributed by atoms with Crippen LogP contribution in [0.15, 0.2) is 0 Å². The molecule has 1 aromatic rings. The zero-order chi connectivity index (χ0) is 11.6. The Morgan fingerprint density at radius 2 is 2.07 bits per heavy atom. The van der Waals surface area contributed by atoms with E-state index in [1.165, 1.54) is 14.0 Å². The fraction of sp³-hybridized carbons (Fsp3) is 0.625. The molecule has 0 radical (unpaired) electrons. The van der Waals surface area contributed by atoms with Crippen molar-refractivity contribution in [1.82, 2.24) is 4.57 Å². The van der Waals surface area contributed by atoms with Gasteiger partial charge in [0.25, 0.3) is 0 Å². The molecule has 15 heavy (non-hydrogen) atoms. The molecule has 1 N–H and O–H groups in total. The van der Waals surface area contributed by atoms with Crippen molar-refractivity contribution >= 4 is 11.3 Å². The summed E-state index contributed by atoms with van der Waals surface area (Å²) in [7, 11) is 1.41. The Morgan fingerprint density at radius 3 is 2.53 bits per heavy atom. The van der Waals surface area contributed by atoms with Crippen LogP contribution in [0, 0.1) is 12.3 Å². The van der Waals surface area contributed by atoms with Crippen LogP contribution in [0.2, 0.25) is 0 Å². The van der Waals surface area contributed by atoms with Gasteiger partial charge in [0, 0.05) is 18.5 Å². The van der Waals surface area contributed by atoms with E-state index in [0.29, 0.717) is 0 Å². The first-order valence-electron chi connectivity index (χ1n) is 4.19. The Balaban J connectivity index is 3.18. The lowest BCUT2D eigenvalue weighted by molar-refractivity contribution is -0.144. The third-order valence-corrected chi connectivity index (χ3v) is 2.80. The summed E-state index contributed by atoms with van der Waals surface area (Å²) in [4.78, 5) is 0.0143. The predicted molar refractivity (Wildman–Crippen MR) is 49.8 cm³/mol. The second kappa shape index (κ2) is 4.36. The molecule has 1 heterocycles. The lowest BCUT2D eigenvalue weighted by Gasteiger charge is -2.11. The summed E-state index contributed by atoms with van der Waals surface area (Å²) in [6, 6.07) is 0. The Kier molecular flexibility index (Phi) is 3.56. The molecule has 0 aromatic carbocycles. The summed E-state index contributed by atoms with van der Waals surface area (Å²) in [5.41, 5.74) is -0.741. The van der Waals surface area contributed by atoms with Crippen LogP contribution < -0.4 is 4.80 Å². The summed E-state index contributed by atoms with van der Waals surface area (Å²) in [6.45, 7) is 1.58. The van der Waals surface area contributed by atoms with Crippen molar-refractivity contribution < 1.29 is 17.9 Å². The number of nitrogens with one attached hydrogen (secondary N) is 1. The number of hydrogen-bond acceptors (Lipinski definition) is 3. The molecule has 0 spiro atoms. The molecule has 7 heteroatoms. The highest BCUT2D eigenvalue weighted by atomic mass is 32.1. The van der Waals surface area contributed by atoms with Crippen molar-refractivity contribution in [3.63, 3.8) is 0 Å². The van der Waals surface area contributed by atoms with Crippen molar-refractivity contribution in [2.75, 3.05) is 13.7 Å². The monoisotopic (exact) mass is 240 g/mol. The highest BCUT2D eigenvalue weighted by Gasteiger charge is 2.37. The molecule has 0 unspecified atom stereocenters. The number of halogens is 3. The molecular formula is C8H11F3N2OS. The molecule has 0 saturated carbocycles. The number of alkyl halides is 3. The minimum Gasteiger partial charge on any atom is -0.383 e. The molecule has 3 nitrogen and oxygen atoms in total. The van der Waals surface area contributed by atoms with Crippen LogP contribution in [0.4, 0.5) is 13.2 Å². The normalized spacial score (nSPS) is 12.1. The van der Waals surface area contributed by atoms with Crippen molar-refractivity contribution in [2.45, 2.75) is 19.6 Å². The fourth-order valence-corrected chi connectivity index (χ4v) is 2.19. The third kappa shape index (κ3) is 2.60. The number of thiazole rings is 1. The van der Waals surface area contributed by atoms with E-state index >= 15 is 0 Å². The Morgan fingerprint density at radius 1 is 1.47 bits per heavy atom. The minimum absolute atomic E-state index is 0.0501. The number of aromatic nitrogens is 1. The SMILES string of the molecule is COCCn1c(C(F)(F)F)c(C)sc1=N. The van der Waals surface area contributed by atoms with Crippen LogP contribution in [0.1, 0.15) is 10.6 Å². The van der Waals surface area contributed by atoms with Crippen LogP contribution in [-0.2, 0) is 17.5 Å². The van der Waals surface area contributed by atoms with Crippen molar-refractivity contribution in [2.24, 2.45) is 0 Å². The summed E-state index contributed by atoms with van der Waals surface area (Å²) in [6.07, 6.45) is -4.41. The van der Waals surface area contributed by atoms with Gasteiger partial charge in [-0.1, -0.05) is 0 Å². The summed E-state index contributed by atoms with van der Waals surface area (Å²) in [5, 5.41) is 7.42. The zero-order valence-corrected chi connectivity index (χ0v) is 9.13. The van der Waals surface area contributed by atoms with Gasteiger partial charge >= 0.3 is 6.18 Å². The highest BCUT2D eigenvalue weighted by molar-refractivity contribution is 7.09. The molecule has 0 fully saturated rings. The number of methoxy groups -OCH3 is 1. The number of hydrogen-bond donors (Lipinski definition) is 1. The summed E-state index contributed by atoms with van der Waals surface area (Å²) < 4.78 is 43.5. The molecule has 0 aliphatic heterocycles. The first kappa shape index (κ1) is 12.3. The first-order chi connectivity index (χ1) is 6.88. The van der Waals surface area contributed by atoms with Gasteiger partial charge < -0.3 is 9.30 Å². The van der Waals surface area contributed by atoms with E-state index in [9.17, 15) is 13.2 Å². The van der Waals surface area contributed by atoms with Gasteiger partial charge in [0.2, 0.25) is 0 Å². The topological polar surface area (TPSA) is 38.0 Å². The lowest BCUT2D eigenvalue weighted by atomic mass is 10.3. The third-order valence-electron chi connectivity index (χ3n) is 1.89. The molecule has 0 aliphatic carbocycles. The average molecular weight is 240 g/mol. The molecule has 1 rings (SSSR count). The van der Waals surface area contributed by atoms with Crippen molar-refractivity contribution in [3.8, 4) is 0 Å². The van der Waals surface area contributed by atoms with E-state index in [2.05, 4.69) is 0 Å². The summed E-state index contributed by atoms with van der Waals surface area (Å²) in [5.74, 6) is 0. The molecule has 1 aromatic heterocycles. The lowest BCUT2D eigenvalue weighted by Crippen LogP contribution is -2.23. The second-order valence-corrected chi connectivity index (χ2v) is 4.16. The van der Waals surface area contributed by atoms with Crippen LogP contribution >= 0.6 is 11.3 Å². The molecular weight excluding hydrogens is 229 g/mol. The van der Waals surface area contributed by atoms with Gasteiger partial charge in [-0.15, -0.1) is 11.3 Å². The highest BCUT2D eigenvalue weighted by Crippen LogP contribution is 2.32. The molecule has 0 aliphatic rings. The molecule has 0 amide bonds. The van der Waals surface area contributed by atoms with Gasteiger partial charge in [0.1, 0.15) is 5.69 Å². The van der Waals surface area contributed by atoms with Gasteiger partial charge in [0.15, 0.2) is 4.80 Å². The maximum absolute atomic E-state index is 12.6. The van der Waals surface area contributed by atoms with Crippen LogP contribution in [0.3, 0.4) is 0 Å². The van der Waals surface area contributed by atoms with Crippen LogP contribution in [0.25, 0.3) is 0 Å². The van der Waals surface area contributed by atoms with E-state index in [-0.39, 0.29) is 22.8 Å². The van der Waals surface area contributed by atoms with E-state index in [1.807, 2.05) is 0 Å². The first-order valence-corrected chi connectivity index (χ1v) is 5.00. The van der Waals surface area contributed by atoms with Gasteiger partial charge in [-0.05, 0) is 6.92 Å². The number of ether oxygens (including phenoxy) is 1. The number of aryl methyl sites for hydroxylation is 1. The van der Waals surface area contributed by atoms with Crippen molar-refractivity contribution in [3.05, 3.63) is 15.4 Å². The molecule has 0 atom stereocenters. The number of rotatable bonds is 3. The summed E-state index contributed by atoms with van der Waals surface area (Å²) >= 11 is 0.827. The second-order valence-electron chi connectivity index (χ2n) is 2.95. The van der Waals surface area contributed by atoms with Crippen molar-refractivity contribution in [1.29, 1.82) is 5.41 Å². The maximum atomic E-state index is 12.6. The fourth-order valence-electron chi connectivity index (χ4n) is 1.29. The van der Waals surface area contributed by atoms with Gasteiger partial charge in [0.05, 0.1) is 6.61 Å². The molecule has 0 saturated heterocycles. The van der Waals surface area contributed by atoms with E-state index in [4.69, 9.17) is 10.1 Å². The zero-order valence-electron chi connectivity index (χ0n) is 8.31. The van der Waals surface area contributed by atoms with Gasteiger partial charge in [-0.2, -0.15) is 13.2 Å². The van der Waals surface area contributed by atoms with Crippen LogP contribution in [-0.4, -0.2) is 18.3 Å². The standard InChI is InChI=1S/C8H11F3N2OS/c1-5-6(8(9,10)11)13(3-4-14-2)7(12)15-5/h12H,3-4H2,1-2H3. The number of nitrogens with zero attached hydrogens (tertiary/aromatic N) is 1. The minimum atomic E-state index is -4.41. The van der Waals surface area contributed by atoms with E-state index in [1.54, 1.807) is 0 Å². The predicted octanol–water partition coefficient (Wildman–Crippen LogP) is 2.00. The van der Waals surface area contributed by atoms with E-state index in [0.717, 1.165) is 15.9 Å². The van der Waals surface area contributed by atoms with E-state index < -0.39 is 11.9 Å². The Hall–Kier alpha value is -0.820.